The molecule has 0 aliphatic heterocycles. The van der Waals surface area contributed by atoms with Gasteiger partial charge in [-0.25, -0.2) is 0 Å². The molecular formula is C11H21IO. The third kappa shape index (κ3) is 3.74. The van der Waals surface area contributed by atoms with Gasteiger partial charge in [-0.3, -0.25) is 0 Å². The van der Waals surface area contributed by atoms with E-state index in [-0.39, 0.29) is 0 Å². The van der Waals surface area contributed by atoms with Gasteiger partial charge in [-0.15, -0.1) is 0 Å². The fraction of sp³-hybridized carbons (Fsp3) is 1.00. The summed E-state index contributed by atoms with van der Waals surface area (Å²) in [5.74, 6) is 0. The molecule has 1 nitrogen and oxygen atoms in total. The van der Waals surface area contributed by atoms with Crippen LogP contribution >= 0.6 is 22.6 Å². The van der Waals surface area contributed by atoms with Crippen molar-refractivity contribution in [3.63, 3.8) is 0 Å². The number of aliphatic hydroxyl groups excluding tert-OH is 1. The number of halogens is 1. The molecule has 0 amide bonds. The predicted octanol–water partition coefficient (Wildman–Crippen LogP) is 3.53. The maximum absolute atomic E-state index is 8.75. The van der Waals surface area contributed by atoms with Gasteiger partial charge in [0.25, 0.3) is 0 Å². The summed E-state index contributed by atoms with van der Waals surface area (Å²) in [7, 11) is 0. The van der Waals surface area contributed by atoms with Crippen molar-refractivity contribution in [2.45, 2.75) is 51.4 Å². The van der Waals surface area contributed by atoms with Crippen molar-refractivity contribution in [2.24, 2.45) is 5.41 Å². The summed E-state index contributed by atoms with van der Waals surface area (Å²) >= 11 is 2.50. The Balaban J connectivity index is 2.28. The predicted molar refractivity (Wildman–Crippen MR) is 65.3 cm³/mol. The normalized spacial score (nSPS) is 20.8. The zero-order valence-corrected chi connectivity index (χ0v) is 10.6. The average Bonchev–Trinajstić information content (AvgIpc) is 2.55. The van der Waals surface area contributed by atoms with Crippen LogP contribution in [0.4, 0.5) is 0 Å². The van der Waals surface area contributed by atoms with E-state index in [1.165, 1.54) is 49.4 Å². The Kier molecular flexibility index (Phi) is 5.63. The summed E-state index contributed by atoms with van der Waals surface area (Å²) in [5.41, 5.74) is 0.677. The Morgan fingerprint density at radius 1 is 1.08 bits per heavy atom. The van der Waals surface area contributed by atoms with Crippen LogP contribution in [0.15, 0.2) is 0 Å². The van der Waals surface area contributed by atoms with E-state index < -0.39 is 0 Å². The van der Waals surface area contributed by atoms with Crippen molar-refractivity contribution in [3.8, 4) is 0 Å². The van der Waals surface area contributed by atoms with Gasteiger partial charge in [-0.1, -0.05) is 41.9 Å². The molecule has 0 atom stereocenters. The van der Waals surface area contributed by atoms with Crippen molar-refractivity contribution < 1.29 is 5.11 Å². The zero-order chi connectivity index (χ0) is 9.57. The fourth-order valence-corrected chi connectivity index (χ4v) is 3.71. The Hall–Kier alpha value is 0.690. The Morgan fingerprint density at radius 2 is 1.77 bits per heavy atom. The molecule has 0 aromatic carbocycles. The average molecular weight is 296 g/mol. The molecule has 0 radical (unpaired) electrons. The van der Waals surface area contributed by atoms with Crippen molar-refractivity contribution in [3.05, 3.63) is 0 Å². The van der Waals surface area contributed by atoms with Gasteiger partial charge in [-0.2, -0.15) is 0 Å². The largest absolute Gasteiger partial charge is 0.396 e. The van der Waals surface area contributed by atoms with Crippen LogP contribution in [0.5, 0.6) is 0 Å². The van der Waals surface area contributed by atoms with E-state index >= 15 is 0 Å². The van der Waals surface area contributed by atoms with E-state index in [4.69, 9.17) is 5.11 Å². The molecule has 13 heavy (non-hydrogen) atoms. The Bertz CT molecular complexity index is 130. The molecule has 1 saturated carbocycles. The van der Waals surface area contributed by atoms with E-state index in [2.05, 4.69) is 22.6 Å². The second-order valence-corrected chi connectivity index (χ2v) is 5.41. The highest BCUT2D eigenvalue weighted by Gasteiger charge is 2.31. The topological polar surface area (TPSA) is 20.2 Å². The van der Waals surface area contributed by atoms with Crippen molar-refractivity contribution in [1.29, 1.82) is 0 Å². The van der Waals surface area contributed by atoms with Gasteiger partial charge in [0.1, 0.15) is 0 Å². The lowest BCUT2D eigenvalue weighted by Gasteiger charge is -2.28. The quantitative estimate of drug-likeness (QED) is 0.451. The van der Waals surface area contributed by atoms with Crippen LogP contribution in [0.25, 0.3) is 0 Å². The van der Waals surface area contributed by atoms with E-state index in [1.807, 2.05) is 0 Å². The minimum absolute atomic E-state index is 0.375. The van der Waals surface area contributed by atoms with Crippen LogP contribution in [0, 0.1) is 5.41 Å². The lowest BCUT2D eigenvalue weighted by molar-refractivity contribution is 0.230. The van der Waals surface area contributed by atoms with Gasteiger partial charge < -0.3 is 5.11 Å². The first-order valence-electron chi connectivity index (χ1n) is 5.50. The highest BCUT2D eigenvalue weighted by atomic mass is 127. The van der Waals surface area contributed by atoms with Crippen molar-refractivity contribution in [2.75, 3.05) is 11.0 Å². The monoisotopic (exact) mass is 296 g/mol. The van der Waals surface area contributed by atoms with E-state index in [1.54, 1.807) is 0 Å². The molecule has 1 rings (SSSR count). The first-order valence-corrected chi connectivity index (χ1v) is 7.02. The standard InChI is InChI=1S/C11H21IO/c12-9-8-11(5-1-2-6-11)7-3-4-10-13/h13H,1-10H2. The lowest BCUT2D eigenvalue weighted by Crippen LogP contribution is -2.17. The molecule has 0 bridgehead atoms. The second kappa shape index (κ2) is 6.23. The van der Waals surface area contributed by atoms with Crippen LogP contribution in [0.2, 0.25) is 0 Å². The smallest absolute Gasteiger partial charge is 0.0431 e. The van der Waals surface area contributed by atoms with Crippen molar-refractivity contribution in [1.82, 2.24) is 0 Å². The molecule has 1 aliphatic rings. The minimum atomic E-state index is 0.375. The molecule has 78 valence electrons. The van der Waals surface area contributed by atoms with Gasteiger partial charge in [0, 0.05) is 11.0 Å². The SMILES string of the molecule is OCCCCC1(CCI)CCCC1. The summed E-state index contributed by atoms with van der Waals surface area (Å²) in [6, 6.07) is 0. The summed E-state index contributed by atoms with van der Waals surface area (Å²) in [6.45, 7) is 0.375. The molecule has 1 aliphatic carbocycles. The maximum atomic E-state index is 8.75. The van der Waals surface area contributed by atoms with Gasteiger partial charge >= 0.3 is 0 Å². The number of aliphatic hydroxyl groups is 1. The molecule has 1 N–H and O–H groups in total. The third-order valence-corrected chi connectivity index (χ3v) is 3.94. The fourth-order valence-electron chi connectivity index (χ4n) is 2.56. The van der Waals surface area contributed by atoms with Gasteiger partial charge in [0.05, 0.1) is 0 Å². The highest BCUT2D eigenvalue weighted by Crippen LogP contribution is 2.45. The minimum Gasteiger partial charge on any atom is -0.396 e. The van der Waals surface area contributed by atoms with Crippen LogP contribution < -0.4 is 0 Å². The first-order chi connectivity index (χ1) is 6.33. The molecule has 0 aromatic rings. The Labute approximate surface area is 95.4 Å². The first kappa shape index (κ1) is 11.8. The molecular weight excluding hydrogens is 275 g/mol. The molecule has 0 spiro atoms. The van der Waals surface area contributed by atoms with Gasteiger partial charge in [0.2, 0.25) is 0 Å². The lowest BCUT2D eigenvalue weighted by atomic mass is 9.79. The third-order valence-electron chi connectivity index (χ3n) is 3.40. The molecule has 0 aromatic heterocycles. The zero-order valence-electron chi connectivity index (χ0n) is 8.40. The molecule has 0 saturated heterocycles. The van der Waals surface area contributed by atoms with Crippen LogP contribution in [0.3, 0.4) is 0 Å². The van der Waals surface area contributed by atoms with E-state index in [0.29, 0.717) is 12.0 Å². The number of unbranched alkanes of at least 4 members (excludes halogenated alkanes) is 1. The number of alkyl halides is 1. The molecule has 0 heterocycles. The van der Waals surface area contributed by atoms with E-state index in [9.17, 15) is 0 Å². The molecule has 1 fully saturated rings. The van der Waals surface area contributed by atoms with Crippen LogP contribution in [-0.4, -0.2) is 16.1 Å². The summed E-state index contributed by atoms with van der Waals surface area (Å²) in [5, 5.41) is 8.75. The number of rotatable bonds is 6. The van der Waals surface area contributed by atoms with Crippen molar-refractivity contribution >= 4 is 22.6 Å². The van der Waals surface area contributed by atoms with Gasteiger partial charge in [0.15, 0.2) is 0 Å². The highest BCUT2D eigenvalue weighted by molar-refractivity contribution is 14.1. The molecule has 2 heteroatoms. The van der Waals surface area contributed by atoms with E-state index in [0.717, 1.165) is 6.42 Å². The summed E-state index contributed by atoms with van der Waals surface area (Å²) in [4.78, 5) is 0. The summed E-state index contributed by atoms with van der Waals surface area (Å²) < 4.78 is 1.30. The van der Waals surface area contributed by atoms with Gasteiger partial charge in [-0.05, 0) is 37.5 Å². The number of hydrogen-bond acceptors (Lipinski definition) is 1. The maximum Gasteiger partial charge on any atom is 0.0431 e. The van der Waals surface area contributed by atoms with Crippen LogP contribution in [-0.2, 0) is 0 Å². The Morgan fingerprint density at radius 3 is 2.31 bits per heavy atom. The molecule has 0 unspecified atom stereocenters. The summed E-state index contributed by atoms with van der Waals surface area (Å²) in [6.07, 6.45) is 10.8. The van der Waals surface area contributed by atoms with Crippen LogP contribution in [0.1, 0.15) is 51.4 Å². The second-order valence-electron chi connectivity index (χ2n) is 4.33. The number of hydrogen-bond donors (Lipinski definition) is 1.